The molecule has 1 aliphatic rings. The van der Waals surface area contributed by atoms with Gasteiger partial charge in [0.25, 0.3) is 0 Å². The van der Waals surface area contributed by atoms with E-state index in [1.807, 2.05) is 60.8 Å². The second-order valence-electron chi connectivity index (χ2n) is 12.1. The fraction of sp³-hybridized carbons (Fsp3) is 0.317. The van der Waals surface area contributed by atoms with E-state index >= 15 is 0 Å². The minimum Gasteiger partial charge on any atom is -0.493 e. The molecule has 0 saturated carbocycles. The predicted octanol–water partition coefficient (Wildman–Crippen LogP) is 8.62. The standard InChI is InChI=1S/C41H45N3O9/c1-45-34-19-26(41-42-25-27-13-9-10-14-30(27)43-41)15-16-32(34)51-17-11-7-8-12-18-52-40-37(48-4)20-28(21-38(40)49-5)31-24-33(53-44-31)29-22-35(46-2)39(50-6)36(23-29)47-3/h9-10,13-16,19-25,41,43H,7-8,11-12,17-18H2,1-6H3. The van der Waals surface area contributed by atoms with Crippen molar-refractivity contribution < 1.29 is 42.4 Å². The predicted molar refractivity (Wildman–Crippen MR) is 203 cm³/mol. The first-order chi connectivity index (χ1) is 26.0. The Hall–Kier alpha value is -6.04. The summed E-state index contributed by atoms with van der Waals surface area (Å²) in [6, 6.07) is 23.2. The van der Waals surface area contributed by atoms with Gasteiger partial charge in [0.1, 0.15) is 11.9 Å². The summed E-state index contributed by atoms with van der Waals surface area (Å²) in [4.78, 5) is 4.66. The van der Waals surface area contributed by atoms with E-state index in [0.29, 0.717) is 76.2 Å². The lowest BCUT2D eigenvalue weighted by atomic mass is 10.1. The smallest absolute Gasteiger partial charge is 0.203 e. The Bertz CT molecular complexity index is 1980. The summed E-state index contributed by atoms with van der Waals surface area (Å²) in [6.45, 7) is 1.08. The molecule has 12 heteroatoms. The molecule has 6 rings (SSSR count). The van der Waals surface area contributed by atoms with Gasteiger partial charge in [-0.15, -0.1) is 0 Å². The Morgan fingerprint density at radius 1 is 0.585 bits per heavy atom. The van der Waals surface area contributed by atoms with E-state index in [1.54, 1.807) is 54.8 Å². The molecule has 4 aromatic carbocycles. The first-order valence-corrected chi connectivity index (χ1v) is 17.4. The summed E-state index contributed by atoms with van der Waals surface area (Å²) in [5.41, 5.74) is 5.18. The second kappa shape index (κ2) is 17.5. The number of anilines is 1. The van der Waals surface area contributed by atoms with Crippen LogP contribution in [0.2, 0.25) is 0 Å². The minimum atomic E-state index is -0.184. The lowest BCUT2D eigenvalue weighted by Gasteiger charge is -2.22. The van der Waals surface area contributed by atoms with Gasteiger partial charge >= 0.3 is 0 Å². The molecule has 1 unspecified atom stereocenters. The molecular formula is C41H45N3O9. The molecule has 1 N–H and O–H groups in total. The first-order valence-electron chi connectivity index (χ1n) is 17.4. The van der Waals surface area contributed by atoms with Crippen LogP contribution >= 0.6 is 0 Å². The van der Waals surface area contributed by atoms with Gasteiger partial charge in [0.15, 0.2) is 40.3 Å². The van der Waals surface area contributed by atoms with Crippen LogP contribution in [0.5, 0.6) is 46.0 Å². The van der Waals surface area contributed by atoms with Gasteiger partial charge in [0.05, 0.1) is 55.9 Å². The van der Waals surface area contributed by atoms with Crippen LogP contribution in [-0.2, 0) is 0 Å². The number of unbranched alkanes of at least 4 members (excludes halogenated alkanes) is 3. The van der Waals surface area contributed by atoms with Crippen molar-refractivity contribution in [2.24, 2.45) is 4.99 Å². The maximum atomic E-state index is 6.18. The van der Waals surface area contributed by atoms with Crippen molar-refractivity contribution >= 4 is 11.9 Å². The molecule has 0 amide bonds. The van der Waals surface area contributed by atoms with E-state index in [4.69, 9.17) is 42.4 Å². The van der Waals surface area contributed by atoms with Gasteiger partial charge in [-0.2, -0.15) is 0 Å². The summed E-state index contributed by atoms with van der Waals surface area (Å²) >= 11 is 0. The molecule has 1 atom stereocenters. The van der Waals surface area contributed by atoms with Gasteiger partial charge in [0, 0.05) is 40.2 Å². The van der Waals surface area contributed by atoms with Gasteiger partial charge < -0.3 is 47.7 Å². The maximum Gasteiger partial charge on any atom is 0.203 e. The summed E-state index contributed by atoms with van der Waals surface area (Å²) in [6.07, 6.45) is 5.42. The maximum absolute atomic E-state index is 6.18. The third kappa shape index (κ3) is 8.38. The molecule has 1 aliphatic heterocycles. The average Bonchev–Trinajstić information content (AvgIpc) is 3.71. The third-order valence-electron chi connectivity index (χ3n) is 8.88. The van der Waals surface area contributed by atoms with Crippen LogP contribution in [0.25, 0.3) is 22.6 Å². The third-order valence-corrected chi connectivity index (χ3v) is 8.88. The number of methoxy groups -OCH3 is 6. The Labute approximate surface area is 309 Å². The summed E-state index contributed by atoms with van der Waals surface area (Å²) in [5.74, 6) is 5.02. The molecule has 0 fully saturated rings. The van der Waals surface area contributed by atoms with Crippen molar-refractivity contribution in [1.29, 1.82) is 0 Å². The van der Waals surface area contributed by atoms with E-state index in [-0.39, 0.29) is 6.17 Å². The summed E-state index contributed by atoms with van der Waals surface area (Å²) in [5, 5.41) is 7.78. The van der Waals surface area contributed by atoms with Crippen molar-refractivity contribution in [2.75, 3.05) is 61.2 Å². The van der Waals surface area contributed by atoms with E-state index in [1.165, 1.54) is 0 Å². The van der Waals surface area contributed by atoms with Gasteiger partial charge in [-0.1, -0.05) is 29.4 Å². The Morgan fingerprint density at radius 2 is 1.21 bits per heavy atom. The van der Waals surface area contributed by atoms with Crippen LogP contribution in [-0.4, -0.2) is 67.2 Å². The molecule has 1 aromatic heterocycles. The number of para-hydroxylation sites is 1. The van der Waals surface area contributed by atoms with E-state index < -0.39 is 0 Å². The van der Waals surface area contributed by atoms with Crippen molar-refractivity contribution in [3.05, 3.63) is 83.9 Å². The zero-order valence-electron chi connectivity index (χ0n) is 30.9. The van der Waals surface area contributed by atoms with Gasteiger partial charge in [0.2, 0.25) is 11.5 Å². The number of hydrogen-bond acceptors (Lipinski definition) is 12. The number of hydrogen-bond donors (Lipinski definition) is 1. The molecule has 0 saturated heterocycles. The van der Waals surface area contributed by atoms with Gasteiger partial charge in [-0.25, -0.2) is 0 Å². The molecule has 278 valence electrons. The normalized spacial score (nSPS) is 13.1. The van der Waals surface area contributed by atoms with Crippen molar-refractivity contribution in [3.8, 4) is 68.6 Å². The molecule has 0 aliphatic carbocycles. The molecule has 12 nitrogen and oxygen atoms in total. The Balaban J connectivity index is 0.992. The number of aromatic nitrogens is 1. The SMILES string of the molecule is COc1cc(C2N=Cc3ccccc3N2)ccc1OCCCCCCOc1c(OC)cc(-c2cc(-c3cc(OC)c(OC)c(OC)c3)on2)cc1OC. The van der Waals surface area contributed by atoms with Crippen LogP contribution in [0.1, 0.15) is 43.0 Å². The number of benzene rings is 4. The highest BCUT2D eigenvalue weighted by Crippen LogP contribution is 2.44. The van der Waals surface area contributed by atoms with Crippen LogP contribution in [0.4, 0.5) is 5.69 Å². The monoisotopic (exact) mass is 723 g/mol. The molecular weight excluding hydrogens is 678 g/mol. The largest absolute Gasteiger partial charge is 0.493 e. The quantitative estimate of drug-likeness (QED) is 0.0874. The van der Waals surface area contributed by atoms with E-state index in [0.717, 1.165) is 48.1 Å². The number of rotatable bonds is 18. The number of nitrogens with one attached hydrogen (secondary N) is 1. The van der Waals surface area contributed by atoms with Crippen LogP contribution in [0.15, 0.2) is 82.3 Å². The molecule has 53 heavy (non-hydrogen) atoms. The van der Waals surface area contributed by atoms with E-state index in [2.05, 4.69) is 21.5 Å². The number of aliphatic imine (C=N–C) groups is 1. The highest BCUT2D eigenvalue weighted by molar-refractivity contribution is 5.89. The topological polar surface area (TPSA) is 124 Å². The van der Waals surface area contributed by atoms with Crippen LogP contribution in [0.3, 0.4) is 0 Å². The molecule has 0 bridgehead atoms. The van der Waals surface area contributed by atoms with Crippen molar-refractivity contribution in [2.45, 2.75) is 31.8 Å². The fourth-order valence-electron chi connectivity index (χ4n) is 6.08. The molecule has 5 aromatic rings. The zero-order valence-corrected chi connectivity index (χ0v) is 30.9. The number of nitrogens with zero attached hydrogens (tertiary/aromatic N) is 2. The van der Waals surface area contributed by atoms with Gasteiger partial charge in [-0.3, -0.25) is 4.99 Å². The van der Waals surface area contributed by atoms with Crippen LogP contribution in [0, 0.1) is 0 Å². The Kier molecular flexibility index (Phi) is 12.1. The highest BCUT2D eigenvalue weighted by Gasteiger charge is 2.21. The molecule has 2 heterocycles. The number of fused-ring (bicyclic) bond motifs is 1. The average molecular weight is 724 g/mol. The summed E-state index contributed by atoms with van der Waals surface area (Å²) in [7, 11) is 9.53. The van der Waals surface area contributed by atoms with Crippen molar-refractivity contribution in [1.82, 2.24) is 5.16 Å². The Morgan fingerprint density at radius 3 is 1.87 bits per heavy atom. The molecule has 0 spiro atoms. The lowest BCUT2D eigenvalue weighted by molar-refractivity contribution is 0.261. The highest BCUT2D eigenvalue weighted by atomic mass is 16.5. The van der Waals surface area contributed by atoms with Crippen molar-refractivity contribution in [3.63, 3.8) is 0 Å². The fourth-order valence-corrected chi connectivity index (χ4v) is 6.08. The zero-order chi connectivity index (χ0) is 37.2. The lowest BCUT2D eigenvalue weighted by Crippen LogP contribution is -2.14. The summed E-state index contributed by atoms with van der Waals surface area (Å²) < 4.78 is 51.5. The van der Waals surface area contributed by atoms with E-state index in [9.17, 15) is 0 Å². The van der Waals surface area contributed by atoms with Crippen LogP contribution < -0.4 is 43.2 Å². The first kappa shape index (κ1) is 36.7. The van der Waals surface area contributed by atoms with Gasteiger partial charge in [-0.05, 0) is 68.1 Å². The second-order valence-corrected chi connectivity index (χ2v) is 12.1. The molecule has 0 radical (unpaired) electrons. The number of ether oxygens (including phenoxy) is 8. The minimum absolute atomic E-state index is 0.184.